The summed E-state index contributed by atoms with van der Waals surface area (Å²) < 4.78 is 5.66. The minimum atomic E-state index is -0.620. The lowest BCUT2D eigenvalue weighted by Gasteiger charge is -2.31. The van der Waals surface area contributed by atoms with Crippen molar-refractivity contribution in [1.82, 2.24) is 15.5 Å². The number of hydrogen-bond acceptors (Lipinski definition) is 4. The van der Waals surface area contributed by atoms with Gasteiger partial charge in [0.15, 0.2) is 5.76 Å². The van der Waals surface area contributed by atoms with E-state index < -0.39 is 17.4 Å². The van der Waals surface area contributed by atoms with E-state index in [1.165, 1.54) is 0 Å². The molecule has 3 rings (SSSR count). The number of para-hydroxylation sites is 1. The molecule has 1 fully saturated rings. The highest BCUT2D eigenvalue weighted by atomic mass is 16.3. The van der Waals surface area contributed by atoms with Crippen molar-refractivity contribution in [3.8, 4) is 0 Å². The third-order valence-electron chi connectivity index (χ3n) is 4.78. The van der Waals surface area contributed by atoms with Gasteiger partial charge in [0, 0.05) is 30.6 Å². The number of amides is 3. The normalized spacial score (nSPS) is 15.5. The Morgan fingerprint density at radius 2 is 1.79 bits per heavy atom. The SMILES string of the molecule is CC(C)(C)NC(=O)C(=O)NCC1CCN(C(=O)c2cc3ccccc3o2)CC1. The predicted molar refractivity (Wildman–Crippen MR) is 106 cm³/mol. The van der Waals surface area contributed by atoms with E-state index in [0.717, 1.165) is 18.2 Å². The van der Waals surface area contributed by atoms with Crippen LogP contribution in [0.5, 0.6) is 0 Å². The lowest BCUT2D eigenvalue weighted by molar-refractivity contribution is -0.140. The van der Waals surface area contributed by atoms with E-state index in [2.05, 4.69) is 10.6 Å². The number of benzene rings is 1. The first-order valence-electron chi connectivity index (χ1n) is 9.61. The van der Waals surface area contributed by atoms with E-state index in [-0.39, 0.29) is 11.8 Å². The van der Waals surface area contributed by atoms with Crippen LogP contribution in [-0.2, 0) is 9.59 Å². The maximum atomic E-state index is 12.7. The summed E-state index contributed by atoms with van der Waals surface area (Å²) in [4.78, 5) is 38.2. The van der Waals surface area contributed by atoms with Crippen molar-refractivity contribution < 1.29 is 18.8 Å². The number of rotatable bonds is 3. The smallest absolute Gasteiger partial charge is 0.309 e. The largest absolute Gasteiger partial charge is 0.451 e. The quantitative estimate of drug-likeness (QED) is 0.793. The van der Waals surface area contributed by atoms with Gasteiger partial charge in [-0.05, 0) is 51.7 Å². The van der Waals surface area contributed by atoms with Crippen LogP contribution in [0.2, 0.25) is 0 Å². The van der Waals surface area contributed by atoms with Crippen LogP contribution in [0.15, 0.2) is 34.7 Å². The molecule has 0 atom stereocenters. The van der Waals surface area contributed by atoms with Crippen LogP contribution in [0.1, 0.15) is 44.2 Å². The number of piperidine rings is 1. The molecule has 0 aliphatic carbocycles. The fourth-order valence-electron chi connectivity index (χ4n) is 3.30. The van der Waals surface area contributed by atoms with E-state index in [4.69, 9.17) is 4.42 Å². The third kappa shape index (κ3) is 4.91. The van der Waals surface area contributed by atoms with Crippen molar-refractivity contribution in [2.45, 2.75) is 39.2 Å². The number of likely N-dealkylation sites (tertiary alicyclic amines) is 1. The summed E-state index contributed by atoms with van der Waals surface area (Å²) in [6.45, 7) is 7.12. The van der Waals surface area contributed by atoms with Crippen LogP contribution in [0.4, 0.5) is 0 Å². The Bertz CT molecular complexity index is 840. The number of carbonyl (C=O) groups excluding carboxylic acids is 3. The molecule has 2 heterocycles. The van der Waals surface area contributed by atoms with Crippen LogP contribution in [0.3, 0.4) is 0 Å². The first-order chi connectivity index (χ1) is 13.2. The Morgan fingerprint density at radius 3 is 2.43 bits per heavy atom. The molecule has 7 nitrogen and oxygen atoms in total. The van der Waals surface area contributed by atoms with Gasteiger partial charge in [0.1, 0.15) is 5.58 Å². The Morgan fingerprint density at radius 1 is 1.11 bits per heavy atom. The first kappa shape index (κ1) is 19.9. The van der Waals surface area contributed by atoms with Crippen molar-refractivity contribution in [3.05, 3.63) is 36.1 Å². The fraction of sp³-hybridized carbons (Fsp3) is 0.476. The number of fused-ring (bicyclic) bond motifs is 1. The molecule has 0 spiro atoms. The second kappa shape index (κ2) is 8.04. The number of hydrogen-bond donors (Lipinski definition) is 2. The molecule has 1 aromatic heterocycles. The van der Waals surface area contributed by atoms with Crippen molar-refractivity contribution in [3.63, 3.8) is 0 Å². The molecule has 1 aliphatic heterocycles. The van der Waals surface area contributed by atoms with Gasteiger partial charge in [0.2, 0.25) is 0 Å². The molecule has 150 valence electrons. The van der Waals surface area contributed by atoms with Crippen LogP contribution in [-0.4, -0.2) is 47.8 Å². The summed E-state index contributed by atoms with van der Waals surface area (Å²) in [5.74, 6) is -0.748. The van der Waals surface area contributed by atoms with Crippen LogP contribution >= 0.6 is 0 Å². The summed E-state index contributed by atoms with van der Waals surface area (Å²) in [5.41, 5.74) is 0.258. The van der Waals surface area contributed by atoms with Gasteiger partial charge < -0.3 is 20.0 Å². The molecule has 1 aliphatic rings. The summed E-state index contributed by atoms with van der Waals surface area (Å²) in [5, 5.41) is 6.25. The Kier molecular flexibility index (Phi) is 5.72. The lowest BCUT2D eigenvalue weighted by atomic mass is 9.96. The van der Waals surface area contributed by atoms with Gasteiger partial charge >= 0.3 is 11.8 Å². The molecule has 0 unspecified atom stereocenters. The molecule has 3 amide bonds. The van der Waals surface area contributed by atoms with Gasteiger partial charge in [-0.1, -0.05) is 18.2 Å². The molecule has 1 aromatic carbocycles. The van der Waals surface area contributed by atoms with Gasteiger partial charge in [-0.2, -0.15) is 0 Å². The van der Waals surface area contributed by atoms with Crippen molar-refractivity contribution >= 4 is 28.7 Å². The molecule has 0 saturated carbocycles. The molecule has 2 aromatic rings. The average Bonchev–Trinajstić information content (AvgIpc) is 3.08. The molecule has 0 bridgehead atoms. The highest BCUT2D eigenvalue weighted by Crippen LogP contribution is 2.23. The number of nitrogens with zero attached hydrogens (tertiary/aromatic N) is 1. The van der Waals surface area contributed by atoms with Crippen molar-refractivity contribution in [2.75, 3.05) is 19.6 Å². The Labute approximate surface area is 164 Å². The molecule has 0 radical (unpaired) electrons. The van der Waals surface area contributed by atoms with Crippen LogP contribution < -0.4 is 10.6 Å². The van der Waals surface area contributed by atoms with E-state index in [9.17, 15) is 14.4 Å². The lowest BCUT2D eigenvalue weighted by Crippen LogP contribution is -2.49. The maximum Gasteiger partial charge on any atom is 0.309 e. The summed E-state index contributed by atoms with van der Waals surface area (Å²) in [7, 11) is 0. The molecule has 2 N–H and O–H groups in total. The molecular weight excluding hydrogens is 358 g/mol. The Balaban J connectivity index is 1.47. The van der Waals surface area contributed by atoms with Gasteiger partial charge in [-0.25, -0.2) is 0 Å². The monoisotopic (exact) mass is 385 g/mol. The third-order valence-corrected chi connectivity index (χ3v) is 4.78. The van der Waals surface area contributed by atoms with Crippen LogP contribution in [0.25, 0.3) is 11.0 Å². The minimum Gasteiger partial charge on any atom is -0.451 e. The number of furan rings is 1. The predicted octanol–water partition coefficient (Wildman–Crippen LogP) is 2.32. The number of nitrogens with one attached hydrogen (secondary N) is 2. The zero-order valence-corrected chi connectivity index (χ0v) is 16.6. The summed E-state index contributed by atoms with van der Waals surface area (Å²) in [6, 6.07) is 9.32. The second-order valence-electron chi connectivity index (χ2n) is 8.30. The van der Waals surface area contributed by atoms with E-state index >= 15 is 0 Å². The van der Waals surface area contributed by atoms with Crippen LogP contribution in [0, 0.1) is 5.92 Å². The fourth-order valence-corrected chi connectivity index (χ4v) is 3.30. The van der Waals surface area contributed by atoms with Gasteiger partial charge in [-0.15, -0.1) is 0 Å². The van der Waals surface area contributed by atoms with Gasteiger partial charge in [0.05, 0.1) is 0 Å². The van der Waals surface area contributed by atoms with Crippen molar-refractivity contribution in [2.24, 2.45) is 5.92 Å². The number of carbonyl (C=O) groups is 3. The molecular formula is C21H27N3O4. The minimum absolute atomic E-state index is 0.108. The highest BCUT2D eigenvalue weighted by molar-refractivity contribution is 6.35. The maximum absolute atomic E-state index is 12.7. The van der Waals surface area contributed by atoms with Gasteiger partial charge in [0.25, 0.3) is 5.91 Å². The zero-order valence-electron chi connectivity index (χ0n) is 16.6. The molecule has 28 heavy (non-hydrogen) atoms. The van der Waals surface area contributed by atoms with E-state index in [1.807, 2.05) is 45.0 Å². The Hall–Kier alpha value is -2.83. The zero-order chi connectivity index (χ0) is 20.3. The average molecular weight is 385 g/mol. The molecule has 1 saturated heterocycles. The van der Waals surface area contributed by atoms with E-state index in [1.54, 1.807) is 11.0 Å². The van der Waals surface area contributed by atoms with Gasteiger partial charge in [-0.3, -0.25) is 14.4 Å². The van der Waals surface area contributed by atoms with Crippen molar-refractivity contribution in [1.29, 1.82) is 0 Å². The second-order valence-corrected chi connectivity index (χ2v) is 8.30. The summed E-state index contributed by atoms with van der Waals surface area (Å²) in [6.07, 6.45) is 1.54. The van der Waals surface area contributed by atoms with E-state index in [0.29, 0.717) is 31.0 Å². The summed E-state index contributed by atoms with van der Waals surface area (Å²) >= 11 is 0. The first-order valence-corrected chi connectivity index (χ1v) is 9.61. The topological polar surface area (TPSA) is 91.7 Å². The standard InChI is InChI=1S/C21H27N3O4/c1-21(2,3)23-19(26)18(25)22-13-14-8-10-24(11-9-14)20(27)17-12-15-6-4-5-7-16(15)28-17/h4-7,12,14H,8-11,13H2,1-3H3,(H,22,25)(H,23,26). The molecule has 7 heteroatoms. The highest BCUT2D eigenvalue weighted by Gasteiger charge is 2.27.